The van der Waals surface area contributed by atoms with Gasteiger partial charge in [0.05, 0.1) is 22.3 Å². The van der Waals surface area contributed by atoms with Crippen LogP contribution in [-0.4, -0.2) is 34.9 Å². The number of benzene rings is 1. The van der Waals surface area contributed by atoms with Crippen LogP contribution in [0.2, 0.25) is 10.0 Å². The van der Waals surface area contributed by atoms with Crippen LogP contribution in [0.1, 0.15) is 35.3 Å². The normalized spacial score (nSPS) is 17.8. The summed E-state index contributed by atoms with van der Waals surface area (Å²) < 4.78 is 0. The fraction of sp³-hybridized carbons (Fsp3) is 0.368. The van der Waals surface area contributed by atoms with Gasteiger partial charge in [-0.15, -0.1) is 0 Å². The molecule has 2 heterocycles. The van der Waals surface area contributed by atoms with Crippen LogP contribution in [0.15, 0.2) is 42.6 Å². The van der Waals surface area contributed by atoms with Crippen LogP contribution in [0.5, 0.6) is 0 Å². The average molecular weight is 378 g/mol. The lowest BCUT2D eigenvalue weighted by Gasteiger charge is -2.31. The molecule has 1 aromatic carbocycles. The van der Waals surface area contributed by atoms with Crippen LogP contribution < -0.4 is 5.32 Å². The zero-order valence-electron chi connectivity index (χ0n) is 13.9. The van der Waals surface area contributed by atoms with Crippen LogP contribution in [0.4, 0.5) is 0 Å². The highest BCUT2D eigenvalue weighted by Gasteiger charge is 2.26. The maximum absolute atomic E-state index is 13.2. The zero-order chi connectivity index (χ0) is 17.6. The third-order valence-electron chi connectivity index (χ3n) is 4.47. The first-order chi connectivity index (χ1) is 12.1. The lowest BCUT2D eigenvalue weighted by molar-refractivity contribution is 0.0642. The lowest BCUT2D eigenvalue weighted by Crippen LogP contribution is -2.40. The van der Waals surface area contributed by atoms with Crippen LogP contribution in [0, 0.1) is 0 Å². The quantitative estimate of drug-likeness (QED) is 0.869. The molecule has 0 aliphatic carbocycles. The Labute approximate surface area is 158 Å². The van der Waals surface area contributed by atoms with Crippen molar-refractivity contribution in [1.29, 1.82) is 0 Å². The van der Waals surface area contributed by atoms with Gasteiger partial charge in [-0.05, 0) is 62.7 Å². The van der Waals surface area contributed by atoms with E-state index in [1.54, 1.807) is 24.4 Å². The Morgan fingerprint density at radius 2 is 2.04 bits per heavy atom. The van der Waals surface area contributed by atoms with E-state index in [-0.39, 0.29) is 11.9 Å². The Morgan fingerprint density at radius 3 is 2.80 bits per heavy atom. The van der Waals surface area contributed by atoms with Gasteiger partial charge in [0, 0.05) is 17.8 Å². The van der Waals surface area contributed by atoms with Gasteiger partial charge in [0.1, 0.15) is 0 Å². The number of carbonyl (C=O) groups excluding carboxylic acids is 1. The van der Waals surface area contributed by atoms with E-state index in [9.17, 15) is 4.79 Å². The first-order valence-electron chi connectivity index (χ1n) is 8.52. The molecule has 1 N–H and O–H groups in total. The minimum Gasteiger partial charge on any atom is -0.330 e. The molecule has 0 bridgehead atoms. The molecule has 2 aromatic rings. The number of hydrogen-bond acceptors (Lipinski definition) is 3. The maximum Gasteiger partial charge on any atom is 0.254 e. The summed E-state index contributed by atoms with van der Waals surface area (Å²) in [6.07, 6.45) is 4.72. The van der Waals surface area contributed by atoms with Crippen LogP contribution in [0.25, 0.3) is 0 Å². The Hall–Kier alpha value is -1.62. The second-order valence-corrected chi connectivity index (χ2v) is 7.03. The third-order valence-corrected chi connectivity index (χ3v) is 5.21. The van der Waals surface area contributed by atoms with Crippen molar-refractivity contribution in [1.82, 2.24) is 15.2 Å². The number of nitrogens with zero attached hydrogens (tertiary/aromatic N) is 2. The highest BCUT2D eigenvalue weighted by Crippen LogP contribution is 2.25. The minimum atomic E-state index is -0.0314. The van der Waals surface area contributed by atoms with E-state index in [1.165, 1.54) is 0 Å². The van der Waals surface area contributed by atoms with Crippen molar-refractivity contribution in [2.24, 2.45) is 0 Å². The van der Waals surface area contributed by atoms with E-state index < -0.39 is 0 Å². The second-order valence-electron chi connectivity index (χ2n) is 6.22. The lowest BCUT2D eigenvalue weighted by atomic mass is 10.0. The third kappa shape index (κ3) is 4.72. The molecule has 0 saturated carbocycles. The van der Waals surface area contributed by atoms with Crippen molar-refractivity contribution < 1.29 is 4.79 Å². The molecule has 132 valence electrons. The summed E-state index contributed by atoms with van der Waals surface area (Å²) in [5, 5.41) is 4.25. The van der Waals surface area contributed by atoms with Crippen molar-refractivity contribution in [3.63, 3.8) is 0 Å². The number of rotatable bonds is 4. The molecule has 1 amide bonds. The number of aromatic nitrogens is 1. The topological polar surface area (TPSA) is 45.2 Å². The van der Waals surface area contributed by atoms with Crippen molar-refractivity contribution >= 4 is 29.1 Å². The minimum absolute atomic E-state index is 0.0314. The van der Waals surface area contributed by atoms with Gasteiger partial charge in [-0.3, -0.25) is 9.78 Å². The van der Waals surface area contributed by atoms with Crippen molar-refractivity contribution in [2.75, 3.05) is 13.1 Å². The Bertz CT molecular complexity index is 716. The summed E-state index contributed by atoms with van der Waals surface area (Å²) >= 11 is 12.1. The van der Waals surface area contributed by atoms with Gasteiger partial charge in [-0.25, -0.2) is 0 Å². The summed E-state index contributed by atoms with van der Waals surface area (Å²) in [5.41, 5.74) is 1.44. The van der Waals surface area contributed by atoms with Crippen molar-refractivity contribution in [2.45, 2.75) is 31.8 Å². The molecule has 0 radical (unpaired) electrons. The second kappa shape index (κ2) is 8.65. The van der Waals surface area contributed by atoms with E-state index in [2.05, 4.69) is 10.3 Å². The van der Waals surface area contributed by atoms with Gasteiger partial charge in [0.2, 0.25) is 0 Å². The molecular weight excluding hydrogens is 357 g/mol. The zero-order valence-corrected chi connectivity index (χ0v) is 15.4. The van der Waals surface area contributed by atoms with E-state index >= 15 is 0 Å². The van der Waals surface area contributed by atoms with Crippen molar-refractivity contribution in [3.05, 3.63) is 63.9 Å². The molecule has 25 heavy (non-hydrogen) atoms. The number of nitrogens with one attached hydrogen (secondary N) is 1. The molecule has 1 aliphatic heterocycles. The number of pyridine rings is 1. The molecule has 4 nitrogen and oxygen atoms in total. The molecular formula is C19H21Cl2N3O. The van der Waals surface area contributed by atoms with Gasteiger partial charge in [-0.2, -0.15) is 0 Å². The molecule has 6 heteroatoms. The predicted molar refractivity (Wildman–Crippen MR) is 101 cm³/mol. The molecule has 3 rings (SSSR count). The van der Waals surface area contributed by atoms with Gasteiger partial charge in [0.25, 0.3) is 5.91 Å². The first-order valence-corrected chi connectivity index (χ1v) is 9.27. The summed E-state index contributed by atoms with van der Waals surface area (Å²) in [6.45, 7) is 2.40. The largest absolute Gasteiger partial charge is 0.330 e. The predicted octanol–water partition coefficient (Wildman–Crippen LogP) is 4.17. The first kappa shape index (κ1) is 18.2. The van der Waals surface area contributed by atoms with Crippen LogP contribution in [0.3, 0.4) is 0 Å². The summed E-state index contributed by atoms with van der Waals surface area (Å²) in [7, 11) is 0. The van der Waals surface area contributed by atoms with Gasteiger partial charge in [-0.1, -0.05) is 29.3 Å². The Morgan fingerprint density at radius 1 is 1.16 bits per heavy atom. The van der Waals surface area contributed by atoms with Gasteiger partial charge < -0.3 is 10.2 Å². The molecule has 1 aliphatic rings. The summed E-state index contributed by atoms with van der Waals surface area (Å²) in [5.74, 6) is -0.0314. The van der Waals surface area contributed by atoms with Gasteiger partial charge >= 0.3 is 0 Å². The standard InChI is InChI=1S/C19H21Cl2N3O/c20-17-7-6-14(12-18(17)21)19(25)24(13-15-4-1-2-10-23-15)16-5-3-9-22-11-8-16/h1-2,4,6-7,10,12,16,22H,3,5,8-9,11,13H2. The molecule has 1 saturated heterocycles. The molecule has 1 atom stereocenters. The SMILES string of the molecule is O=C(c1ccc(Cl)c(Cl)c1)N(Cc1ccccn1)C1CCCNCC1. The van der Waals surface area contributed by atoms with Crippen molar-refractivity contribution in [3.8, 4) is 0 Å². The number of halogens is 2. The fourth-order valence-corrected chi connectivity index (χ4v) is 3.44. The highest BCUT2D eigenvalue weighted by molar-refractivity contribution is 6.42. The van der Waals surface area contributed by atoms with Crippen LogP contribution in [-0.2, 0) is 6.54 Å². The number of amides is 1. The summed E-state index contributed by atoms with van der Waals surface area (Å²) in [4.78, 5) is 19.5. The Balaban J connectivity index is 1.88. The van der Waals surface area contributed by atoms with E-state index in [1.807, 2.05) is 23.1 Å². The molecule has 0 spiro atoms. The number of carbonyl (C=O) groups is 1. The van der Waals surface area contributed by atoms with Crippen LogP contribution >= 0.6 is 23.2 Å². The highest BCUT2D eigenvalue weighted by atomic mass is 35.5. The van der Waals surface area contributed by atoms with E-state index in [0.717, 1.165) is 38.0 Å². The van der Waals surface area contributed by atoms with Gasteiger partial charge in [0.15, 0.2) is 0 Å². The fourth-order valence-electron chi connectivity index (χ4n) is 3.14. The molecule has 1 aromatic heterocycles. The maximum atomic E-state index is 13.2. The average Bonchev–Trinajstić information content (AvgIpc) is 2.91. The smallest absolute Gasteiger partial charge is 0.254 e. The summed E-state index contributed by atoms with van der Waals surface area (Å²) in [6, 6.07) is 11.0. The molecule has 1 unspecified atom stereocenters. The number of hydrogen-bond donors (Lipinski definition) is 1. The molecule has 1 fully saturated rings. The monoisotopic (exact) mass is 377 g/mol. The van der Waals surface area contributed by atoms with E-state index in [4.69, 9.17) is 23.2 Å². The Kier molecular flexibility index (Phi) is 6.29. The van der Waals surface area contributed by atoms with E-state index in [0.29, 0.717) is 22.2 Å².